The fourth-order valence-electron chi connectivity index (χ4n) is 2.74. The van der Waals surface area contributed by atoms with Crippen LogP contribution < -0.4 is 0 Å². The fraction of sp³-hybridized carbons (Fsp3) is 1.00. The molecule has 0 amide bonds. The lowest BCUT2D eigenvalue weighted by Gasteiger charge is -2.27. The van der Waals surface area contributed by atoms with Crippen LogP contribution in [-0.4, -0.2) is 12.7 Å². The molecule has 0 aromatic heterocycles. The number of rotatable bonds is 4. The van der Waals surface area contributed by atoms with Crippen molar-refractivity contribution < 1.29 is 4.74 Å². The van der Waals surface area contributed by atoms with Crippen molar-refractivity contribution in [1.29, 1.82) is 0 Å². The Morgan fingerprint density at radius 3 is 2.23 bits per heavy atom. The Hall–Kier alpha value is -0.0400. The third kappa shape index (κ3) is 2.98. The minimum Gasteiger partial charge on any atom is -0.373 e. The van der Waals surface area contributed by atoms with Crippen LogP contribution in [-0.2, 0) is 4.74 Å². The first-order chi connectivity index (χ1) is 6.38. The van der Waals surface area contributed by atoms with Crippen molar-refractivity contribution in [3.63, 3.8) is 0 Å². The first-order valence-corrected chi connectivity index (χ1v) is 6.00. The normalized spacial score (nSPS) is 39.0. The molecule has 0 N–H and O–H groups in total. The van der Waals surface area contributed by atoms with Gasteiger partial charge in [-0.15, -0.1) is 0 Å². The summed E-state index contributed by atoms with van der Waals surface area (Å²) in [4.78, 5) is 0. The minimum atomic E-state index is 0.660. The van der Waals surface area contributed by atoms with Crippen molar-refractivity contribution in [3.8, 4) is 0 Å². The summed E-state index contributed by atoms with van der Waals surface area (Å²) >= 11 is 0. The summed E-state index contributed by atoms with van der Waals surface area (Å²) < 4.78 is 5.29. The van der Waals surface area contributed by atoms with E-state index in [0.717, 1.165) is 18.4 Å². The third-order valence-electron chi connectivity index (χ3n) is 3.66. The maximum atomic E-state index is 5.29. The van der Waals surface area contributed by atoms with Gasteiger partial charge in [-0.25, -0.2) is 0 Å². The molecule has 1 saturated heterocycles. The standard InChI is InChI=1S/C12H22O/c1-2-3-10-4-6-11(7-5-10)8-12-9-13-12/h10-12H,2-9H2,1H3. The number of hydrogen-bond acceptors (Lipinski definition) is 1. The lowest BCUT2D eigenvalue weighted by Crippen LogP contribution is -2.15. The molecule has 1 aliphatic heterocycles. The van der Waals surface area contributed by atoms with E-state index >= 15 is 0 Å². The van der Waals surface area contributed by atoms with E-state index in [0.29, 0.717) is 6.10 Å². The average Bonchev–Trinajstić information content (AvgIpc) is 2.93. The quantitative estimate of drug-likeness (QED) is 0.607. The van der Waals surface area contributed by atoms with Crippen molar-refractivity contribution in [2.24, 2.45) is 11.8 Å². The van der Waals surface area contributed by atoms with Gasteiger partial charge in [0.2, 0.25) is 0 Å². The predicted molar refractivity (Wildman–Crippen MR) is 54.7 cm³/mol. The number of ether oxygens (including phenoxy) is 1. The van der Waals surface area contributed by atoms with Crippen LogP contribution in [0.2, 0.25) is 0 Å². The molecule has 0 radical (unpaired) electrons. The molecule has 2 aliphatic rings. The molecule has 13 heavy (non-hydrogen) atoms. The van der Waals surface area contributed by atoms with E-state index in [1.807, 2.05) is 0 Å². The van der Waals surface area contributed by atoms with Crippen molar-refractivity contribution in [3.05, 3.63) is 0 Å². The van der Waals surface area contributed by atoms with Crippen molar-refractivity contribution in [2.75, 3.05) is 6.61 Å². The summed E-state index contributed by atoms with van der Waals surface area (Å²) in [5.74, 6) is 2.06. The number of epoxide rings is 1. The second-order valence-electron chi connectivity index (χ2n) is 4.87. The van der Waals surface area contributed by atoms with Gasteiger partial charge < -0.3 is 4.74 Å². The summed E-state index contributed by atoms with van der Waals surface area (Å²) in [7, 11) is 0. The van der Waals surface area contributed by atoms with E-state index in [-0.39, 0.29) is 0 Å². The van der Waals surface area contributed by atoms with Crippen LogP contribution >= 0.6 is 0 Å². The molecule has 1 aliphatic carbocycles. The molecule has 2 rings (SSSR count). The van der Waals surface area contributed by atoms with Gasteiger partial charge in [-0.1, -0.05) is 45.4 Å². The molecule has 1 nitrogen and oxygen atoms in total. The van der Waals surface area contributed by atoms with Crippen LogP contribution in [0.25, 0.3) is 0 Å². The summed E-state index contributed by atoms with van der Waals surface area (Å²) in [6.07, 6.45) is 10.8. The van der Waals surface area contributed by atoms with Crippen LogP contribution in [0.4, 0.5) is 0 Å². The van der Waals surface area contributed by atoms with Gasteiger partial charge in [-0.3, -0.25) is 0 Å². The fourth-order valence-corrected chi connectivity index (χ4v) is 2.74. The van der Waals surface area contributed by atoms with Gasteiger partial charge in [0, 0.05) is 0 Å². The molecule has 1 heterocycles. The monoisotopic (exact) mass is 182 g/mol. The van der Waals surface area contributed by atoms with E-state index < -0.39 is 0 Å². The van der Waals surface area contributed by atoms with E-state index in [4.69, 9.17) is 4.74 Å². The molecule has 0 bridgehead atoms. The first-order valence-electron chi connectivity index (χ1n) is 6.00. The summed E-state index contributed by atoms with van der Waals surface area (Å²) in [6.45, 7) is 3.36. The zero-order chi connectivity index (χ0) is 9.10. The van der Waals surface area contributed by atoms with E-state index in [1.54, 1.807) is 0 Å². The average molecular weight is 182 g/mol. The largest absolute Gasteiger partial charge is 0.373 e. The molecule has 0 spiro atoms. The second kappa shape index (κ2) is 4.45. The van der Waals surface area contributed by atoms with Crippen molar-refractivity contribution in [2.45, 2.75) is 58.0 Å². The smallest absolute Gasteiger partial charge is 0.0812 e. The topological polar surface area (TPSA) is 12.5 Å². The Labute approximate surface area is 81.9 Å². The Balaban J connectivity index is 1.63. The van der Waals surface area contributed by atoms with Crippen molar-refractivity contribution in [1.82, 2.24) is 0 Å². The van der Waals surface area contributed by atoms with E-state index in [2.05, 4.69) is 6.92 Å². The van der Waals surface area contributed by atoms with E-state index in [9.17, 15) is 0 Å². The van der Waals surface area contributed by atoms with Gasteiger partial charge in [0.15, 0.2) is 0 Å². The van der Waals surface area contributed by atoms with Gasteiger partial charge in [-0.05, 0) is 18.3 Å². The summed E-state index contributed by atoms with van der Waals surface area (Å²) in [6, 6.07) is 0. The highest BCUT2D eigenvalue weighted by molar-refractivity contribution is 4.78. The summed E-state index contributed by atoms with van der Waals surface area (Å²) in [5, 5.41) is 0. The van der Waals surface area contributed by atoms with Crippen LogP contribution in [0.5, 0.6) is 0 Å². The molecule has 1 heteroatoms. The molecule has 2 fully saturated rings. The van der Waals surface area contributed by atoms with Gasteiger partial charge >= 0.3 is 0 Å². The Morgan fingerprint density at radius 2 is 1.69 bits per heavy atom. The van der Waals surface area contributed by atoms with Crippen LogP contribution in [0.15, 0.2) is 0 Å². The maximum Gasteiger partial charge on any atom is 0.0812 e. The molecule has 1 atom stereocenters. The molecule has 1 unspecified atom stereocenters. The minimum absolute atomic E-state index is 0.660. The van der Waals surface area contributed by atoms with Gasteiger partial charge in [0.25, 0.3) is 0 Å². The summed E-state index contributed by atoms with van der Waals surface area (Å²) in [5.41, 5.74) is 0. The van der Waals surface area contributed by atoms with Gasteiger partial charge in [0.1, 0.15) is 0 Å². The van der Waals surface area contributed by atoms with Gasteiger partial charge in [-0.2, -0.15) is 0 Å². The second-order valence-corrected chi connectivity index (χ2v) is 4.87. The van der Waals surface area contributed by atoms with E-state index in [1.165, 1.54) is 44.9 Å². The van der Waals surface area contributed by atoms with Crippen LogP contribution in [0.3, 0.4) is 0 Å². The molecule has 1 saturated carbocycles. The Morgan fingerprint density at radius 1 is 1.08 bits per heavy atom. The van der Waals surface area contributed by atoms with Crippen LogP contribution in [0, 0.1) is 11.8 Å². The zero-order valence-corrected chi connectivity index (χ0v) is 8.80. The Bertz CT molecular complexity index is 143. The zero-order valence-electron chi connectivity index (χ0n) is 8.80. The molecule has 0 aromatic rings. The first kappa shape index (κ1) is 9.51. The SMILES string of the molecule is CCCC1CCC(CC2CO2)CC1. The Kier molecular flexibility index (Phi) is 3.26. The highest BCUT2D eigenvalue weighted by Gasteiger charge is 2.29. The molecule has 0 aromatic carbocycles. The predicted octanol–water partition coefficient (Wildman–Crippen LogP) is 3.38. The van der Waals surface area contributed by atoms with Crippen molar-refractivity contribution >= 4 is 0 Å². The van der Waals surface area contributed by atoms with Gasteiger partial charge in [0.05, 0.1) is 12.7 Å². The molecular weight excluding hydrogens is 160 g/mol. The highest BCUT2D eigenvalue weighted by atomic mass is 16.6. The lowest BCUT2D eigenvalue weighted by atomic mass is 9.78. The maximum absolute atomic E-state index is 5.29. The molecular formula is C12H22O. The molecule has 76 valence electrons. The number of hydrogen-bond donors (Lipinski definition) is 0. The third-order valence-corrected chi connectivity index (χ3v) is 3.66. The lowest BCUT2D eigenvalue weighted by molar-refractivity contribution is 0.234. The highest BCUT2D eigenvalue weighted by Crippen LogP contribution is 2.35. The van der Waals surface area contributed by atoms with Crippen LogP contribution in [0.1, 0.15) is 51.9 Å².